The van der Waals surface area contributed by atoms with Crippen molar-refractivity contribution in [3.8, 4) is 29.0 Å². The van der Waals surface area contributed by atoms with E-state index < -0.39 is 51.9 Å². The van der Waals surface area contributed by atoms with Gasteiger partial charge in [-0.05, 0) is 64.1 Å². The zero-order valence-corrected chi connectivity index (χ0v) is 32.0. The van der Waals surface area contributed by atoms with Crippen LogP contribution in [-0.2, 0) is 12.7 Å². The fraction of sp³-hybridized carbons (Fsp3) is 0.421. The minimum atomic E-state index is -5.17. The third-order valence-corrected chi connectivity index (χ3v) is 11.0. The average Bonchev–Trinajstić information content (AvgIpc) is 3.81. The molecule has 2 saturated heterocycles. The zero-order valence-electron chi connectivity index (χ0n) is 31.2. The van der Waals surface area contributed by atoms with Crippen molar-refractivity contribution in [2.45, 2.75) is 51.1 Å². The Kier molecular flexibility index (Phi) is 12.0. The quantitative estimate of drug-likeness (QED) is 0.172. The Labute approximate surface area is 323 Å². The summed E-state index contributed by atoms with van der Waals surface area (Å²) in [5.41, 5.74) is 8.81. The molecule has 0 spiro atoms. The van der Waals surface area contributed by atoms with Crippen LogP contribution in [0.3, 0.4) is 0 Å². The lowest BCUT2D eigenvalue weighted by atomic mass is 9.91. The first-order valence-electron chi connectivity index (χ1n) is 17.9. The van der Waals surface area contributed by atoms with Crippen LogP contribution in [0.4, 0.5) is 43.0 Å². The van der Waals surface area contributed by atoms with Crippen molar-refractivity contribution in [2.75, 3.05) is 70.4 Å². The van der Waals surface area contributed by atoms with E-state index in [9.17, 15) is 27.2 Å². The zero-order chi connectivity index (χ0) is 40.5. The SMILES string of the molecule is CCN(C)C.COc1nc2c3c(c(C(F)(F)F)c(-c4ccc(F)c5sc(N)c(C#N)c45)c(F)c3n1)OCCN2Cc1cccnc1N.FC1CC2CCCN2C1. The number of nitrogens with zero attached hydrogens (tertiary/aromatic N) is 7. The van der Waals surface area contributed by atoms with Crippen molar-refractivity contribution in [1.82, 2.24) is 24.8 Å². The Hall–Kier alpha value is -5.12. The molecule has 2 aromatic carbocycles. The molecule has 2 atom stereocenters. The molecule has 6 heterocycles. The van der Waals surface area contributed by atoms with Gasteiger partial charge in [0.25, 0.3) is 0 Å². The van der Waals surface area contributed by atoms with E-state index in [1.54, 1.807) is 23.1 Å². The van der Waals surface area contributed by atoms with E-state index in [1.807, 2.05) is 0 Å². The number of hydrogen-bond donors (Lipinski definition) is 2. The number of methoxy groups -OCH3 is 1. The van der Waals surface area contributed by atoms with Crippen LogP contribution >= 0.6 is 11.3 Å². The van der Waals surface area contributed by atoms with Gasteiger partial charge in [-0.3, -0.25) is 4.90 Å². The fourth-order valence-electron chi connectivity index (χ4n) is 7.09. The number of hydrogen-bond acceptors (Lipinski definition) is 12. The maximum absolute atomic E-state index is 16.6. The van der Waals surface area contributed by atoms with Gasteiger partial charge in [0, 0.05) is 41.8 Å². The molecule has 2 unspecified atom stereocenters. The van der Waals surface area contributed by atoms with Gasteiger partial charge in [0.1, 0.15) is 58.1 Å². The second-order valence-electron chi connectivity index (χ2n) is 13.7. The molecule has 0 aliphatic carbocycles. The minimum Gasteiger partial charge on any atom is -0.490 e. The van der Waals surface area contributed by atoms with Crippen LogP contribution < -0.4 is 25.8 Å². The normalized spacial score (nSPS) is 17.8. The lowest BCUT2D eigenvalue weighted by Crippen LogP contribution is -2.28. The summed E-state index contributed by atoms with van der Waals surface area (Å²) >= 11 is 0.675. The van der Waals surface area contributed by atoms with Crippen LogP contribution in [0.15, 0.2) is 30.5 Å². The lowest BCUT2D eigenvalue weighted by molar-refractivity contribution is -0.138. The van der Waals surface area contributed by atoms with Crippen LogP contribution in [0.2, 0.25) is 0 Å². The first kappa shape index (κ1) is 40.5. The summed E-state index contributed by atoms with van der Waals surface area (Å²) in [7, 11) is 5.34. The number of nitrogen functional groups attached to an aromatic ring is 2. The minimum absolute atomic E-state index is 0.0347. The number of ether oxygens (including phenoxy) is 2. The number of pyridine rings is 1. The van der Waals surface area contributed by atoms with Gasteiger partial charge < -0.3 is 30.7 Å². The van der Waals surface area contributed by atoms with E-state index in [4.69, 9.17) is 20.9 Å². The molecule has 56 heavy (non-hydrogen) atoms. The summed E-state index contributed by atoms with van der Waals surface area (Å²) in [4.78, 5) is 18.4. The Morgan fingerprint density at radius 2 is 1.88 bits per heavy atom. The van der Waals surface area contributed by atoms with Gasteiger partial charge in [0.15, 0.2) is 5.82 Å². The van der Waals surface area contributed by atoms with E-state index in [1.165, 1.54) is 26.1 Å². The van der Waals surface area contributed by atoms with Crippen molar-refractivity contribution in [2.24, 2.45) is 0 Å². The largest absolute Gasteiger partial charge is 0.490 e. The van der Waals surface area contributed by atoms with Crippen molar-refractivity contribution in [3.63, 3.8) is 0 Å². The number of fused-ring (bicyclic) bond motifs is 2. The van der Waals surface area contributed by atoms with Crippen LogP contribution in [0.5, 0.6) is 11.8 Å². The molecule has 0 radical (unpaired) electrons. The number of rotatable bonds is 5. The van der Waals surface area contributed by atoms with E-state index in [-0.39, 0.29) is 63.4 Å². The third kappa shape index (κ3) is 7.93. The molecule has 3 aromatic heterocycles. The number of aromatic nitrogens is 3. The van der Waals surface area contributed by atoms with Crippen LogP contribution in [0, 0.1) is 23.0 Å². The predicted molar refractivity (Wildman–Crippen MR) is 204 cm³/mol. The van der Waals surface area contributed by atoms with Crippen LogP contribution in [-0.4, -0.2) is 91.0 Å². The number of halogens is 6. The summed E-state index contributed by atoms with van der Waals surface area (Å²) in [6, 6.07) is 7.29. The molecule has 3 aliphatic rings. The number of anilines is 3. The summed E-state index contributed by atoms with van der Waals surface area (Å²) in [5, 5.41) is 9.00. The van der Waals surface area contributed by atoms with E-state index >= 15 is 4.39 Å². The summed E-state index contributed by atoms with van der Waals surface area (Å²) < 4.78 is 99.6. The first-order valence-corrected chi connectivity index (χ1v) is 18.7. The van der Waals surface area contributed by atoms with Gasteiger partial charge in [-0.2, -0.15) is 28.4 Å². The highest BCUT2D eigenvalue weighted by Gasteiger charge is 2.44. The highest BCUT2D eigenvalue weighted by atomic mass is 32.1. The summed E-state index contributed by atoms with van der Waals surface area (Å²) in [5.74, 6) is -2.82. The van der Waals surface area contributed by atoms with Crippen molar-refractivity contribution < 1.29 is 35.8 Å². The lowest BCUT2D eigenvalue weighted by Gasteiger charge is -2.24. The molecule has 2 fully saturated rings. The average molecular weight is 802 g/mol. The van der Waals surface area contributed by atoms with Crippen LogP contribution in [0.25, 0.3) is 32.1 Å². The molecule has 4 N–H and O–H groups in total. The molecule has 0 amide bonds. The Bertz CT molecular complexity index is 2270. The number of alkyl halides is 4. The molecule has 5 aromatic rings. The second kappa shape index (κ2) is 16.5. The maximum atomic E-state index is 16.6. The van der Waals surface area contributed by atoms with E-state index in [2.05, 4.69) is 45.8 Å². The molecule has 0 bridgehead atoms. The van der Waals surface area contributed by atoms with E-state index in [0.29, 0.717) is 29.5 Å². The van der Waals surface area contributed by atoms with E-state index in [0.717, 1.165) is 31.6 Å². The van der Waals surface area contributed by atoms with Gasteiger partial charge in [-0.15, -0.1) is 11.3 Å². The molecular weight excluding hydrogens is 761 g/mol. The molecule has 3 aliphatic heterocycles. The fourth-order valence-corrected chi connectivity index (χ4v) is 8.04. The predicted octanol–water partition coefficient (Wildman–Crippen LogP) is 7.41. The van der Waals surface area contributed by atoms with Gasteiger partial charge in [0.05, 0.1) is 29.3 Å². The second-order valence-corrected chi connectivity index (χ2v) is 14.8. The summed E-state index contributed by atoms with van der Waals surface area (Å²) in [6.45, 7) is 4.96. The smallest absolute Gasteiger partial charge is 0.420 e. The standard InChI is InChI=1S/C27H18F5N7O2S.C7H12FN.C4H11N/c1-40-26-37-20-17-21(41-8-7-39(25(17)38-26)10-11-3-2-6-36-23(11)34)18(27(30,31)32)16(19(20)29)12-4-5-14(28)22-15(12)13(9-33)24(35)42-22;8-6-4-7-2-1-3-9(7)5-6;1-4-5(2)3/h2-6H,7-8,10,35H2,1H3,(H2,34,36);6-7H,1-5H2;4H2,1-3H3. The van der Waals surface area contributed by atoms with Crippen molar-refractivity contribution in [1.29, 1.82) is 5.26 Å². The molecule has 18 heteroatoms. The van der Waals surface area contributed by atoms with Crippen molar-refractivity contribution >= 4 is 49.0 Å². The maximum Gasteiger partial charge on any atom is 0.420 e. The molecule has 8 rings (SSSR count). The van der Waals surface area contributed by atoms with Gasteiger partial charge in [-0.25, -0.2) is 18.2 Å². The highest BCUT2D eigenvalue weighted by molar-refractivity contribution is 7.23. The number of nitriles is 1. The number of thiophene rings is 1. The topological polar surface area (TPSA) is 143 Å². The first-order chi connectivity index (χ1) is 26.7. The van der Waals surface area contributed by atoms with Crippen LogP contribution in [0.1, 0.15) is 42.9 Å². The molecule has 11 nitrogen and oxygen atoms in total. The van der Waals surface area contributed by atoms with Gasteiger partial charge in [-0.1, -0.05) is 19.1 Å². The Balaban J connectivity index is 0.000000318. The molecule has 0 saturated carbocycles. The van der Waals surface area contributed by atoms with Gasteiger partial charge >= 0.3 is 12.2 Å². The van der Waals surface area contributed by atoms with Crippen molar-refractivity contribution in [3.05, 3.63) is 58.8 Å². The highest BCUT2D eigenvalue weighted by Crippen LogP contribution is 2.53. The molecule has 298 valence electrons. The number of nitrogens with two attached hydrogens (primary N) is 2. The Morgan fingerprint density at radius 1 is 1.12 bits per heavy atom. The molecular formula is C38H41F6N9O2S. The monoisotopic (exact) mass is 801 g/mol. The summed E-state index contributed by atoms with van der Waals surface area (Å²) in [6.07, 6.45) is -0.869. The third-order valence-electron chi connectivity index (χ3n) is 9.95. The van der Waals surface area contributed by atoms with Gasteiger partial charge in [0.2, 0.25) is 0 Å². The number of benzene rings is 2. The Morgan fingerprint density at radius 3 is 2.52 bits per heavy atom.